The minimum Gasteiger partial charge on any atom is -0.478 e. The molecule has 0 unspecified atom stereocenters. The van der Waals surface area contributed by atoms with E-state index in [0.717, 1.165) is 6.07 Å². The number of rotatable bonds is 2. The molecule has 2 aromatic rings. The highest BCUT2D eigenvalue weighted by molar-refractivity contribution is 7.86. The lowest BCUT2D eigenvalue weighted by atomic mass is 10.0. The summed E-state index contributed by atoms with van der Waals surface area (Å²) >= 11 is 0. The highest BCUT2D eigenvalue weighted by atomic mass is 32.2. The maximum absolute atomic E-state index is 11.1. The van der Waals surface area contributed by atoms with E-state index in [9.17, 15) is 13.2 Å². The first-order chi connectivity index (χ1) is 7.91. The Kier molecular flexibility index (Phi) is 2.60. The van der Waals surface area contributed by atoms with Gasteiger partial charge in [-0.2, -0.15) is 8.42 Å². The van der Waals surface area contributed by atoms with E-state index in [4.69, 9.17) is 9.66 Å². The van der Waals surface area contributed by atoms with Crippen LogP contribution in [0.2, 0.25) is 0 Å². The lowest BCUT2D eigenvalue weighted by Gasteiger charge is -2.06. The Morgan fingerprint density at radius 3 is 2.29 bits per heavy atom. The molecule has 2 N–H and O–H groups in total. The third kappa shape index (κ3) is 2.00. The number of hydrogen-bond donors (Lipinski definition) is 2. The molecule has 0 heterocycles. The summed E-state index contributed by atoms with van der Waals surface area (Å²) in [4.78, 5) is 10.5. The van der Waals surface area contributed by atoms with Crippen LogP contribution in [-0.4, -0.2) is 24.0 Å². The summed E-state index contributed by atoms with van der Waals surface area (Å²) in [5.41, 5.74) is -0.411. The highest BCUT2D eigenvalue weighted by Gasteiger charge is 2.22. The topological polar surface area (TPSA) is 91.7 Å². The maximum Gasteiger partial charge on any atom is 0.337 e. The number of carbonyl (C=O) groups is 1. The highest BCUT2D eigenvalue weighted by Crippen LogP contribution is 2.25. The van der Waals surface area contributed by atoms with Crippen molar-refractivity contribution in [2.45, 2.75) is 4.90 Å². The monoisotopic (exact) mass is 252 g/mol. The van der Waals surface area contributed by atoms with Crippen molar-refractivity contribution in [1.82, 2.24) is 0 Å². The average molecular weight is 252 g/mol. The van der Waals surface area contributed by atoms with Crippen LogP contribution in [0.25, 0.3) is 10.8 Å². The fourth-order valence-corrected chi connectivity index (χ4v) is 2.38. The smallest absolute Gasteiger partial charge is 0.337 e. The standard InChI is InChI=1S/C11H8O5S/c12-11(13)10-8-4-2-1-3-7(8)5-6-9(10)17(14,15)16/h1-6H,(H,12,13)(H,14,15,16). The van der Waals surface area contributed by atoms with Crippen molar-refractivity contribution in [1.29, 1.82) is 0 Å². The van der Waals surface area contributed by atoms with E-state index in [1.807, 2.05) is 0 Å². The zero-order valence-corrected chi connectivity index (χ0v) is 9.31. The number of aromatic carboxylic acids is 1. The van der Waals surface area contributed by atoms with Crippen molar-refractivity contribution in [3.05, 3.63) is 42.0 Å². The quantitative estimate of drug-likeness (QED) is 0.795. The molecule has 0 aromatic heterocycles. The summed E-state index contributed by atoms with van der Waals surface area (Å²) in [6, 6.07) is 9.00. The molecule has 0 saturated carbocycles. The molecule has 0 bridgehead atoms. The molecule has 0 aliphatic rings. The molecule has 88 valence electrons. The van der Waals surface area contributed by atoms with Gasteiger partial charge in [-0.15, -0.1) is 0 Å². The van der Waals surface area contributed by atoms with Gasteiger partial charge >= 0.3 is 5.97 Å². The molecule has 0 aliphatic heterocycles. The van der Waals surface area contributed by atoms with Crippen LogP contribution in [0.1, 0.15) is 10.4 Å². The number of hydrogen-bond acceptors (Lipinski definition) is 3. The average Bonchev–Trinajstić information content (AvgIpc) is 2.26. The zero-order valence-electron chi connectivity index (χ0n) is 8.49. The molecule has 6 heteroatoms. The van der Waals surface area contributed by atoms with Gasteiger partial charge in [-0.3, -0.25) is 4.55 Å². The van der Waals surface area contributed by atoms with Crippen molar-refractivity contribution >= 4 is 26.9 Å². The first-order valence-corrected chi connectivity index (χ1v) is 6.08. The van der Waals surface area contributed by atoms with Crippen molar-refractivity contribution in [2.75, 3.05) is 0 Å². The number of fused-ring (bicyclic) bond motifs is 1. The molecule has 2 aromatic carbocycles. The molecule has 17 heavy (non-hydrogen) atoms. The number of carboxylic acids is 1. The Morgan fingerprint density at radius 2 is 1.71 bits per heavy atom. The van der Waals surface area contributed by atoms with Crippen LogP contribution in [0, 0.1) is 0 Å². The van der Waals surface area contributed by atoms with Crippen molar-refractivity contribution in [3.63, 3.8) is 0 Å². The second-order valence-electron chi connectivity index (χ2n) is 3.44. The van der Waals surface area contributed by atoms with E-state index in [2.05, 4.69) is 0 Å². The minimum atomic E-state index is -4.55. The van der Waals surface area contributed by atoms with Crippen LogP contribution in [0.3, 0.4) is 0 Å². The minimum absolute atomic E-state index is 0.273. The largest absolute Gasteiger partial charge is 0.478 e. The molecule has 0 amide bonds. The number of carboxylic acid groups (broad SMARTS) is 1. The van der Waals surface area contributed by atoms with Crippen LogP contribution < -0.4 is 0 Å². The lowest BCUT2D eigenvalue weighted by Crippen LogP contribution is -2.08. The second-order valence-corrected chi connectivity index (χ2v) is 4.83. The predicted octanol–water partition coefficient (Wildman–Crippen LogP) is 1.78. The van der Waals surface area contributed by atoms with Crippen molar-refractivity contribution < 1.29 is 22.9 Å². The summed E-state index contributed by atoms with van der Waals surface area (Å²) < 4.78 is 31.2. The maximum atomic E-state index is 11.1. The molecular formula is C11H8O5S. The molecule has 0 aliphatic carbocycles. The summed E-state index contributed by atoms with van der Waals surface area (Å²) in [6.45, 7) is 0. The molecule has 0 saturated heterocycles. The van der Waals surface area contributed by atoms with Crippen molar-refractivity contribution in [3.8, 4) is 0 Å². The van der Waals surface area contributed by atoms with Crippen LogP contribution in [0.5, 0.6) is 0 Å². The molecule has 0 radical (unpaired) electrons. The van der Waals surface area contributed by atoms with Gasteiger partial charge in [-0.25, -0.2) is 4.79 Å². The lowest BCUT2D eigenvalue weighted by molar-refractivity contribution is 0.0694. The van der Waals surface area contributed by atoms with Gasteiger partial charge in [0.2, 0.25) is 0 Å². The first-order valence-electron chi connectivity index (χ1n) is 4.64. The van der Waals surface area contributed by atoms with Crippen LogP contribution in [0.15, 0.2) is 41.3 Å². The Labute approximate surface area is 97.1 Å². The van der Waals surface area contributed by atoms with Crippen LogP contribution in [0.4, 0.5) is 0 Å². The van der Waals surface area contributed by atoms with E-state index in [1.54, 1.807) is 18.2 Å². The van der Waals surface area contributed by atoms with Gasteiger partial charge in [0.1, 0.15) is 4.90 Å². The molecular weight excluding hydrogens is 244 g/mol. The van der Waals surface area contributed by atoms with Gasteiger partial charge in [0, 0.05) is 0 Å². The summed E-state index contributed by atoms with van der Waals surface area (Å²) in [7, 11) is -4.55. The first kappa shape index (κ1) is 11.6. The second kappa shape index (κ2) is 3.83. The Hall–Kier alpha value is -1.92. The van der Waals surface area contributed by atoms with Crippen LogP contribution >= 0.6 is 0 Å². The zero-order chi connectivity index (χ0) is 12.6. The van der Waals surface area contributed by atoms with Crippen molar-refractivity contribution in [2.24, 2.45) is 0 Å². The third-order valence-corrected chi connectivity index (χ3v) is 3.28. The van der Waals surface area contributed by atoms with Gasteiger partial charge in [0.05, 0.1) is 5.56 Å². The van der Waals surface area contributed by atoms with Gasteiger partial charge in [-0.1, -0.05) is 30.3 Å². The molecule has 0 spiro atoms. The van der Waals surface area contributed by atoms with Gasteiger partial charge in [-0.05, 0) is 16.8 Å². The Morgan fingerprint density at radius 1 is 1.06 bits per heavy atom. The summed E-state index contributed by atoms with van der Waals surface area (Å²) in [5.74, 6) is -1.39. The third-order valence-electron chi connectivity index (χ3n) is 2.38. The summed E-state index contributed by atoms with van der Waals surface area (Å²) in [5, 5.41) is 9.92. The normalized spacial score (nSPS) is 11.6. The predicted molar refractivity (Wildman–Crippen MR) is 60.7 cm³/mol. The van der Waals surface area contributed by atoms with Crippen LogP contribution in [-0.2, 0) is 10.1 Å². The SMILES string of the molecule is O=C(O)c1c(S(=O)(=O)O)ccc2ccccc12. The van der Waals surface area contributed by atoms with E-state index in [-0.39, 0.29) is 5.39 Å². The summed E-state index contributed by atoms with van der Waals surface area (Å²) in [6.07, 6.45) is 0. The van der Waals surface area contributed by atoms with Gasteiger partial charge in [0.25, 0.3) is 10.1 Å². The molecule has 0 fully saturated rings. The van der Waals surface area contributed by atoms with E-state index < -0.39 is 26.5 Å². The number of benzene rings is 2. The fraction of sp³-hybridized carbons (Fsp3) is 0. The Bertz CT molecular complexity index is 703. The fourth-order valence-electron chi connectivity index (χ4n) is 1.69. The van der Waals surface area contributed by atoms with E-state index in [0.29, 0.717) is 5.39 Å². The van der Waals surface area contributed by atoms with Gasteiger partial charge in [0.15, 0.2) is 0 Å². The van der Waals surface area contributed by atoms with Gasteiger partial charge < -0.3 is 5.11 Å². The Balaban J connectivity index is 2.98. The molecule has 5 nitrogen and oxygen atoms in total. The van der Waals surface area contributed by atoms with E-state index in [1.165, 1.54) is 12.1 Å². The van der Waals surface area contributed by atoms with E-state index >= 15 is 0 Å². The molecule has 2 rings (SSSR count). The molecule has 0 atom stereocenters.